The quantitative estimate of drug-likeness (QED) is 0.943. The van der Waals surface area contributed by atoms with E-state index in [4.69, 9.17) is 10.3 Å². The van der Waals surface area contributed by atoms with Gasteiger partial charge in [0.15, 0.2) is 0 Å². The van der Waals surface area contributed by atoms with Crippen molar-refractivity contribution in [1.82, 2.24) is 10.1 Å². The Bertz CT molecular complexity index is 551. The maximum atomic E-state index is 5.99. The molecule has 0 unspecified atom stereocenters. The highest BCUT2D eigenvalue weighted by atomic mass is 79.9. The van der Waals surface area contributed by atoms with Crippen LogP contribution < -0.4 is 5.73 Å². The fraction of sp³-hybridized carbons (Fsp3) is 0.385. The standard InChI is InChI=1S/C13H16BrN3O/c1-7(2)11(15)13-16-12(17-18-13)10-6-9(14)5-4-8(10)3/h4-7,11H,15H2,1-3H3/t11-/m0/s1. The molecule has 0 aliphatic heterocycles. The molecule has 0 saturated heterocycles. The first-order valence-corrected chi connectivity index (χ1v) is 6.64. The maximum Gasteiger partial charge on any atom is 0.244 e. The number of hydrogen-bond acceptors (Lipinski definition) is 4. The zero-order valence-corrected chi connectivity index (χ0v) is 12.2. The van der Waals surface area contributed by atoms with Gasteiger partial charge in [-0.2, -0.15) is 4.98 Å². The number of nitrogens with two attached hydrogens (primary N) is 1. The van der Waals surface area contributed by atoms with Crippen LogP contribution in [-0.2, 0) is 0 Å². The van der Waals surface area contributed by atoms with Gasteiger partial charge in [-0.1, -0.05) is 41.0 Å². The third kappa shape index (κ3) is 2.62. The predicted molar refractivity (Wildman–Crippen MR) is 73.9 cm³/mol. The summed E-state index contributed by atoms with van der Waals surface area (Å²) in [5, 5.41) is 4.00. The SMILES string of the molecule is Cc1ccc(Br)cc1-c1noc([C@@H](N)C(C)C)n1. The first-order valence-electron chi connectivity index (χ1n) is 5.84. The molecule has 0 aliphatic carbocycles. The molecule has 1 aromatic carbocycles. The third-order valence-electron chi connectivity index (χ3n) is 2.89. The Morgan fingerprint density at radius 1 is 1.33 bits per heavy atom. The Morgan fingerprint density at radius 3 is 2.72 bits per heavy atom. The summed E-state index contributed by atoms with van der Waals surface area (Å²) in [7, 11) is 0. The third-order valence-corrected chi connectivity index (χ3v) is 3.38. The van der Waals surface area contributed by atoms with Gasteiger partial charge in [0.1, 0.15) is 0 Å². The van der Waals surface area contributed by atoms with Crippen molar-refractivity contribution in [3.63, 3.8) is 0 Å². The van der Waals surface area contributed by atoms with E-state index >= 15 is 0 Å². The molecule has 5 heteroatoms. The summed E-state index contributed by atoms with van der Waals surface area (Å²) in [6.45, 7) is 6.07. The monoisotopic (exact) mass is 309 g/mol. The lowest BCUT2D eigenvalue weighted by Gasteiger charge is -2.09. The van der Waals surface area contributed by atoms with E-state index in [0.29, 0.717) is 11.7 Å². The molecule has 4 nitrogen and oxygen atoms in total. The second-order valence-corrected chi connectivity index (χ2v) is 5.60. The molecule has 2 N–H and O–H groups in total. The van der Waals surface area contributed by atoms with E-state index < -0.39 is 0 Å². The number of halogens is 1. The molecule has 2 rings (SSSR count). The van der Waals surface area contributed by atoms with Crippen molar-refractivity contribution in [3.05, 3.63) is 34.1 Å². The zero-order chi connectivity index (χ0) is 13.3. The van der Waals surface area contributed by atoms with Crippen LogP contribution in [0.1, 0.15) is 31.3 Å². The van der Waals surface area contributed by atoms with Gasteiger partial charge in [0.25, 0.3) is 0 Å². The summed E-state index contributed by atoms with van der Waals surface area (Å²) in [5.41, 5.74) is 8.05. The van der Waals surface area contributed by atoms with E-state index in [-0.39, 0.29) is 12.0 Å². The van der Waals surface area contributed by atoms with Gasteiger partial charge < -0.3 is 10.3 Å². The average Bonchev–Trinajstić information content (AvgIpc) is 2.80. The van der Waals surface area contributed by atoms with Crippen LogP contribution in [0.3, 0.4) is 0 Å². The van der Waals surface area contributed by atoms with Crippen molar-refractivity contribution in [1.29, 1.82) is 0 Å². The first kappa shape index (κ1) is 13.2. The summed E-state index contributed by atoms with van der Waals surface area (Å²) in [5.74, 6) is 1.33. The molecule has 0 fully saturated rings. The zero-order valence-electron chi connectivity index (χ0n) is 10.6. The molecule has 0 radical (unpaired) electrons. The highest BCUT2D eigenvalue weighted by Crippen LogP contribution is 2.26. The van der Waals surface area contributed by atoms with E-state index in [1.54, 1.807) is 0 Å². The lowest BCUT2D eigenvalue weighted by atomic mass is 10.1. The van der Waals surface area contributed by atoms with Crippen molar-refractivity contribution < 1.29 is 4.52 Å². The van der Waals surface area contributed by atoms with Crippen LogP contribution >= 0.6 is 15.9 Å². The van der Waals surface area contributed by atoms with Gasteiger partial charge in [-0.3, -0.25) is 0 Å². The Labute approximate surface area is 115 Å². The number of hydrogen-bond donors (Lipinski definition) is 1. The number of nitrogens with zero attached hydrogens (tertiary/aromatic N) is 2. The van der Waals surface area contributed by atoms with Crippen molar-refractivity contribution >= 4 is 15.9 Å². The second kappa shape index (κ2) is 5.20. The summed E-state index contributed by atoms with van der Waals surface area (Å²) in [6.07, 6.45) is 0. The molecule has 18 heavy (non-hydrogen) atoms. The van der Waals surface area contributed by atoms with E-state index in [1.807, 2.05) is 39.0 Å². The molecule has 0 spiro atoms. The van der Waals surface area contributed by atoms with Gasteiger partial charge in [0.05, 0.1) is 6.04 Å². The van der Waals surface area contributed by atoms with Crippen LogP contribution in [0, 0.1) is 12.8 Å². The van der Waals surface area contributed by atoms with Crippen LogP contribution in [0.2, 0.25) is 0 Å². The average molecular weight is 310 g/mol. The lowest BCUT2D eigenvalue weighted by molar-refractivity contribution is 0.325. The van der Waals surface area contributed by atoms with E-state index in [9.17, 15) is 0 Å². The normalized spacial score (nSPS) is 13.0. The molecular formula is C13H16BrN3O. The van der Waals surface area contributed by atoms with Crippen LogP contribution in [0.15, 0.2) is 27.2 Å². The largest absolute Gasteiger partial charge is 0.337 e. The molecule has 1 atom stereocenters. The lowest BCUT2D eigenvalue weighted by Crippen LogP contribution is -2.16. The Balaban J connectivity index is 2.38. The van der Waals surface area contributed by atoms with E-state index in [0.717, 1.165) is 15.6 Å². The summed E-state index contributed by atoms with van der Waals surface area (Å²) in [6, 6.07) is 5.75. The topological polar surface area (TPSA) is 64.9 Å². The van der Waals surface area contributed by atoms with Gasteiger partial charge in [-0.25, -0.2) is 0 Å². The second-order valence-electron chi connectivity index (χ2n) is 4.69. The molecule has 2 aromatic rings. The molecule has 1 heterocycles. The fourth-order valence-electron chi connectivity index (χ4n) is 1.60. The van der Waals surface area contributed by atoms with Gasteiger partial charge in [-0.15, -0.1) is 0 Å². The van der Waals surface area contributed by atoms with Crippen LogP contribution in [0.4, 0.5) is 0 Å². The molecule has 0 amide bonds. The van der Waals surface area contributed by atoms with Crippen molar-refractivity contribution in [2.45, 2.75) is 26.8 Å². The maximum absolute atomic E-state index is 5.99. The number of benzene rings is 1. The number of aryl methyl sites for hydroxylation is 1. The summed E-state index contributed by atoms with van der Waals surface area (Å²) >= 11 is 3.44. The molecule has 0 aliphatic rings. The highest BCUT2D eigenvalue weighted by molar-refractivity contribution is 9.10. The Kier molecular flexibility index (Phi) is 3.82. The molecule has 96 valence electrons. The smallest absolute Gasteiger partial charge is 0.244 e. The van der Waals surface area contributed by atoms with Crippen molar-refractivity contribution in [2.24, 2.45) is 11.7 Å². The van der Waals surface area contributed by atoms with Gasteiger partial charge >= 0.3 is 0 Å². The van der Waals surface area contributed by atoms with Crippen molar-refractivity contribution in [2.75, 3.05) is 0 Å². The van der Waals surface area contributed by atoms with Crippen LogP contribution in [0.25, 0.3) is 11.4 Å². The minimum atomic E-state index is -0.223. The van der Waals surface area contributed by atoms with Crippen LogP contribution in [0.5, 0.6) is 0 Å². The molecular weight excluding hydrogens is 294 g/mol. The predicted octanol–water partition coefficient (Wildman–Crippen LogP) is 3.46. The van der Waals surface area contributed by atoms with E-state index in [2.05, 4.69) is 26.1 Å². The first-order chi connectivity index (χ1) is 8.49. The fourth-order valence-corrected chi connectivity index (χ4v) is 1.96. The molecule has 0 saturated carbocycles. The number of aromatic nitrogens is 2. The number of rotatable bonds is 3. The Hall–Kier alpha value is -1.20. The van der Waals surface area contributed by atoms with Gasteiger partial charge in [0.2, 0.25) is 11.7 Å². The molecule has 0 bridgehead atoms. The van der Waals surface area contributed by atoms with Crippen LogP contribution in [-0.4, -0.2) is 10.1 Å². The Morgan fingerprint density at radius 2 is 2.06 bits per heavy atom. The van der Waals surface area contributed by atoms with Gasteiger partial charge in [0, 0.05) is 10.0 Å². The molecule has 1 aromatic heterocycles. The summed E-state index contributed by atoms with van der Waals surface area (Å²) in [4.78, 5) is 4.38. The van der Waals surface area contributed by atoms with E-state index in [1.165, 1.54) is 0 Å². The minimum Gasteiger partial charge on any atom is -0.337 e. The minimum absolute atomic E-state index is 0.223. The highest BCUT2D eigenvalue weighted by Gasteiger charge is 2.19. The van der Waals surface area contributed by atoms with Gasteiger partial charge in [-0.05, 0) is 30.5 Å². The summed E-state index contributed by atoms with van der Waals surface area (Å²) < 4.78 is 6.22. The van der Waals surface area contributed by atoms with Crippen molar-refractivity contribution in [3.8, 4) is 11.4 Å².